The van der Waals surface area contributed by atoms with Crippen molar-refractivity contribution >= 4 is 16.9 Å². The van der Waals surface area contributed by atoms with Gasteiger partial charge in [-0.1, -0.05) is 0 Å². The molecular weight excluding hydrogens is 309 g/mol. The van der Waals surface area contributed by atoms with Gasteiger partial charge in [-0.15, -0.1) is 0 Å². The molecule has 1 heterocycles. The predicted molar refractivity (Wildman–Crippen MR) is 84.9 cm³/mol. The molecule has 1 fully saturated rings. The van der Waals surface area contributed by atoms with E-state index in [-0.39, 0.29) is 0 Å². The zero-order valence-corrected chi connectivity index (χ0v) is 14.2. The number of hydrogen-bond donors (Lipinski definition) is 0. The standard InChI is InChI=1S/C17H20AsNO/c1-13-3-2-4-14(7-13)15-8-16(10-19-9-15)20-12-17(11-18)5-6-17/h2-4,7-10H,5-6,11-12,18H2,1H3. The number of aryl methyl sites for hydroxylation is 1. The van der Waals surface area contributed by atoms with Crippen LogP contribution in [0.15, 0.2) is 42.7 Å². The Hall–Kier alpha value is -1.27. The van der Waals surface area contributed by atoms with Crippen LogP contribution in [0.4, 0.5) is 0 Å². The minimum absolute atomic E-state index is 0.472. The van der Waals surface area contributed by atoms with Crippen molar-refractivity contribution in [3.8, 4) is 16.9 Å². The molecule has 0 aliphatic heterocycles. The Labute approximate surface area is 129 Å². The molecule has 1 saturated carbocycles. The van der Waals surface area contributed by atoms with Gasteiger partial charge in [0.2, 0.25) is 0 Å². The summed E-state index contributed by atoms with van der Waals surface area (Å²) in [5.74, 6) is 0.885. The summed E-state index contributed by atoms with van der Waals surface area (Å²) in [6.45, 7) is 2.95. The third-order valence-corrected chi connectivity index (χ3v) is 5.82. The van der Waals surface area contributed by atoms with Gasteiger partial charge in [0.1, 0.15) is 0 Å². The van der Waals surface area contributed by atoms with Gasteiger partial charge in [0, 0.05) is 0 Å². The molecule has 0 radical (unpaired) electrons. The first kappa shape index (κ1) is 13.7. The van der Waals surface area contributed by atoms with Gasteiger partial charge in [-0.3, -0.25) is 0 Å². The van der Waals surface area contributed by atoms with Crippen LogP contribution in [0.3, 0.4) is 0 Å². The first-order chi connectivity index (χ1) is 9.71. The number of rotatable bonds is 5. The Kier molecular flexibility index (Phi) is 3.85. The molecule has 3 rings (SSSR count). The van der Waals surface area contributed by atoms with Crippen LogP contribution >= 0.6 is 0 Å². The molecule has 1 aliphatic rings. The molecule has 2 nitrogen and oxygen atoms in total. The van der Waals surface area contributed by atoms with Gasteiger partial charge < -0.3 is 0 Å². The van der Waals surface area contributed by atoms with Crippen LogP contribution < -0.4 is 4.74 Å². The molecule has 1 aromatic heterocycles. The van der Waals surface area contributed by atoms with Gasteiger partial charge in [0.05, 0.1) is 0 Å². The fraction of sp³-hybridized carbons (Fsp3) is 0.353. The Morgan fingerprint density at radius 3 is 2.75 bits per heavy atom. The fourth-order valence-electron chi connectivity index (χ4n) is 2.30. The van der Waals surface area contributed by atoms with Crippen molar-refractivity contribution in [1.82, 2.24) is 4.98 Å². The van der Waals surface area contributed by atoms with Crippen LogP contribution in [-0.4, -0.2) is 28.4 Å². The Bertz CT molecular complexity index is 607. The van der Waals surface area contributed by atoms with Gasteiger partial charge in [-0.05, 0) is 0 Å². The second-order valence-corrected chi connectivity index (χ2v) is 6.63. The zero-order chi connectivity index (χ0) is 14.0. The van der Waals surface area contributed by atoms with E-state index in [1.807, 2.05) is 12.4 Å². The van der Waals surface area contributed by atoms with Crippen molar-refractivity contribution in [3.05, 3.63) is 48.3 Å². The Morgan fingerprint density at radius 2 is 2.05 bits per heavy atom. The van der Waals surface area contributed by atoms with Crippen molar-refractivity contribution in [2.24, 2.45) is 5.41 Å². The summed E-state index contributed by atoms with van der Waals surface area (Å²) in [5, 5.41) is 1.27. The molecule has 2 aromatic rings. The maximum atomic E-state index is 5.96. The molecule has 0 saturated heterocycles. The molecular formula is C17H20AsNO. The topological polar surface area (TPSA) is 22.1 Å². The number of nitrogens with zero attached hydrogens (tertiary/aromatic N) is 1. The van der Waals surface area contributed by atoms with Crippen molar-refractivity contribution in [2.45, 2.75) is 25.0 Å². The van der Waals surface area contributed by atoms with Crippen LogP contribution in [-0.2, 0) is 0 Å². The van der Waals surface area contributed by atoms with Crippen LogP contribution in [0.1, 0.15) is 18.4 Å². The zero-order valence-electron chi connectivity index (χ0n) is 11.8. The summed E-state index contributed by atoms with van der Waals surface area (Å²) in [4.78, 5) is 4.32. The number of aromatic nitrogens is 1. The average Bonchev–Trinajstić information content (AvgIpc) is 3.26. The van der Waals surface area contributed by atoms with Crippen LogP contribution in [0.5, 0.6) is 5.75 Å². The molecule has 1 aliphatic carbocycles. The third-order valence-electron chi connectivity index (χ3n) is 4.00. The normalized spacial score (nSPS) is 15.9. The van der Waals surface area contributed by atoms with Gasteiger partial charge in [-0.2, -0.15) is 0 Å². The van der Waals surface area contributed by atoms with Gasteiger partial charge in [0.25, 0.3) is 0 Å². The van der Waals surface area contributed by atoms with E-state index in [0.29, 0.717) is 5.41 Å². The molecule has 1 atom stereocenters. The van der Waals surface area contributed by atoms with Gasteiger partial charge >= 0.3 is 129 Å². The number of pyridine rings is 1. The van der Waals surface area contributed by atoms with E-state index >= 15 is 0 Å². The van der Waals surface area contributed by atoms with Crippen molar-refractivity contribution < 1.29 is 4.74 Å². The van der Waals surface area contributed by atoms with E-state index in [0.717, 1.165) is 17.9 Å². The summed E-state index contributed by atoms with van der Waals surface area (Å²) >= 11 is 1.81. The molecule has 0 amide bonds. The number of ether oxygens (including phenoxy) is 1. The first-order valence-electron chi connectivity index (χ1n) is 7.06. The minimum atomic E-state index is 0.472. The van der Waals surface area contributed by atoms with Crippen molar-refractivity contribution in [3.63, 3.8) is 0 Å². The summed E-state index contributed by atoms with van der Waals surface area (Å²) in [6, 6.07) is 10.6. The summed E-state index contributed by atoms with van der Waals surface area (Å²) < 4.78 is 5.96. The van der Waals surface area contributed by atoms with Gasteiger partial charge in [-0.25, -0.2) is 0 Å². The average molecular weight is 329 g/mol. The first-order valence-corrected chi connectivity index (χ1v) is 8.77. The fourth-order valence-corrected chi connectivity index (χ4v) is 3.40. The van der Waals surface area contributed by atoms with Crippen LogP contribution in [0, 0.1) is 12.3 Å². The van der Waals surface area contributed by atoms with E-state index in [2.05, 4.69) is 42.2 Å². The summed E-state index contributed by atoms with van der Waals surface area (Å²) in [6.07, 6.45) is 6.35. The van der Waals surface area contributed by atoms with Gasteiger partial charge in [0.15, 0.2) is 0 Å². The Balaban J connectivity index is 1.76. The molecule has 0 N–H and O–H groups in total. The molecule has 3 heteroatoms. The maximum absolute atomic E-state index is 5.96. The van der Waals surface area contributed by atoms with Crippen molar-refractivity contribution in [2.75, 3.05) is 6.61 Å². The quantitative estimate of drug-likeness (QED) is 0.786. The van der Waals surface area contributed by atoms with Crippen LogP contribution in [0.25, 0.3) is 11.1 Å². The molecule has 0 spiro atoms. The summed E-state index contributed by atoms with van der Waals surface area (Å²) in [7, 11) is 0. The second-order valence-electron chi connectivity index (χ2n) is 5.77. The molecule has 20 heavy (non-hydrogen) atoms. The summed E-state index contributed by atoms with van der Waals surface area (Å²) in [5.41, 5.74) is 4.05. The Morgan fingerprint density at radius 1 is 1.20 bits per heavy atom. The SMILES string of the molecule is Cc1cccc(-c2cncc(OCC3(C[AsH2])CC3)c2)c1. The van der Waals surface area contributed by atoms with E-state index in [4.69, 9.17) is 4.74 Å². The van der Waals surface area contributed by atoms with E-state index in [1.54, 1.807) is 16.9 Å². The molecule has 0 bridgehead atoms. The second kappa shape index (κ2) is 5.61. The molecule has 1 aromatic carbocycles. The predicted octanol–water partition coefficient (Wildman–Crippen LogP) is 3.27. The van der Waals surface area contributed by atoms with Crippen LogP contribution in [0.2, 0.25) is 5.21 Å². The third kappa shape index (κ3) is 3.07. The van der Waals surface area contributed by atoms with E-state index < -0.39 is 0 Å². The number of hydrogen-bond acceptors (Lipinski definition) is 2. The molecule has 104 valence electrons. The van der Waals surface area contributed by atoms with E-state index in [1.165, 1.54) is 29.2 Å². The van der Waals surface area contributed by atoms with E-state index in [9.17, 15) is 0 Å². The van der Waals surface area contributed by atoms with Crippen molar-refractivity contribution in [1.29, 1.82) is 0 Å². The number of benzene rings is 1. The monoisotopic (exact) mass is 329 g/mol. The molecule has 1 unspecified atom stereocenters.